The number of rotatable bonds is 35. The first-order valence-electron chi connectivity index (χ1n) is 25.2. The maximum absolute atomic E-state index is 14.1. The van der Waals surface area contributed by atoms with Gasteiger partial charge in [0.15, 0.2) is 0 Å². The van der Waals surface area contributed by atoms with E-state index in [4.69, 9.17) is 5.73 Å². The van der Waals surface area contributed by atoms with Gasteiger partial charge in [0.2, 0.25) is 53.2 Å². The van der Waals surface area contributed by atoms with E-state index in [1.807, 2.05) is 61.6 Å². The summed E-state index contributed by atoms with van der Waals surface area (Å²) in [6.07, 6.45) is 2.78. The van der Waals surface area contributed by atoms with Gasteiger partial charge in [-0.2, -0.15) is 11.8 Å². The minimum Gasteiger partial charge on any atom is -0.480 e. The third kappa shape index (κ3) is 27.7. The zero-order valence-corrected chi connectivity index (χ0v) is 46.0. The van der Waals surface area contributed by atoms with E-state index in [0.29, 0.717) is 5.75 Å². The Labute approximate surface area is 431 Å². The number of carboxylic acids is 1. The quantitative estimate of drug-likeness (QED) is 0.0410. The molecule has 13 N–H and O–H groups in total. The van der Waals surface area contributed by atoms with Crippen LogP contribution in [-0.2, 0) is 47.9 Å². The van der Waals surface area contributed by atoms with Crippen molar-refractivity contribution in [2.45, 2.75) is 189 Å². The molecule has 414 valence electrons. The van der Waals surface area contributed by atoms with Crippen LogP contribution in [-0.4, -0.2) is 149 Å². The summed E-state index contributed by atoms with van der Waals surface area (Å²) in [6.45, 7) is 21.9. The van der Waals surface area contributed by atoms with Crippen molar-refractivity contribution in [3.63, 3.8) is 0 Å². The summed E-state index contributed by atoms with van der Waals surface area (Å²) in [6, 6.07) is -10.7. The molecule has 0 aromatic carbocycles. The lowest BCUT2D eigenvalue weighted by atomic mass is 9.98. The largest absolute Gasteiger partial charge is 0.480 e. The molecule has 0 bridgehead atoms. The zero-order chi connectivity index (χ0) is 55.6. The molecule has 0 aliphatic rings. The second kappa shape index (κ2) is 34.4. The molecule has 0 rings (SSSR count). The van der Waals surface area contributed by atoms with Gasteiger partial charge >= 0.3 is 5.97 Å². The van der Waals surface area contributed by atoms with Crippen LogP contribution in [0.25, 0.3) is 0 Å². The molecule has 0 aliphatic heterocycles. The molecule has 9 amide bonds. The molecule has 0 spiro atoms. The van der Waals surface area contributed by atoms with E-state index in [-0.39, 0.29) is 80.5 Å². The Morgan fingerprint density at radius 2 is 0.667 bits per heavy atom. The number of hydrogen-bond donors (Lipinski definition) is 12. The van der Waals surface area contributed by atoms with E-state index >= 15 is 0 Å². The highest BCUT2D eigenvalue weighted by molar-refractivity contribution is 7.98. The Kier molecular flexibility index (Phi) is 32.0. The van der Waals surface area contributed by atoms with Gasteiger partial charge in [-0.15, -0.1) is 0 Å². The zero-order valence-electron chi connectivity index (χ0n) is 45.2. The van der Waals surface area contributed by atoms with Crippen molar-refractivity contribution in [2.24, 2.45) is 41.2 Å². The number of carbonyl (C=O) groups is 10. The molecule has 0 aromatic heterocycles. The predicted octanol–water partition coefficient (Wildman–Crippen LogP) is 0.435. The van der Waals surface area contributed by atoms with Gasteiger partial charge in [0.1, 0.15) is 48.3 Å². The number of hydrogen-bond acceptors (Lipinski definition) is 13. The number of amides is 9. The standard InChI is InChI=1S/C49H90N10O12S/c1-25(2)17-33(53-42(63)32(15-16-72-14)52-40(61)23-51-41(62)31(13)50)43(64)54-34(18-26(3)4)44(65)56-37(21-29(9)10)47(68)59-39(24-60)48(69)57-35(19-27(5)6)45(66)55-36(20-28(7)8)46(67)58-38(49(70)71)22-30(11)12/h25-39,60H,15-24,50H2,1-14H3,(H,51,62)(H,52,61)(H,53,63)(H,54,64)(H,55,66)(H,56,65)(H,57,69)(H,58,67)(H,59,68)(H,70,71)/t31-,32-,33-,34-,35-,36-,37-,38-,39-/m0/s1. The summed E-state index contributed by atoms with van der Waals surface area (Å²) < 4.78 is 0. The molecule has 0 unspecified atom stereocenters. The van der Waals surface area contributed by atoms with Crippen LogP contribution in [0.1, 0.15) is 135 Å². The number of nitrogens with one attached hydrogen (secondary N) is 9. The number of carbonyl (C=O) groups excluding carboxylic acids is 9. The second-order valence-corrected chi connectivity index (χ2v) is 22.1. The van der Waals surface area contributed by atoms with Crippen LogP contribution in [0.3, 0.4) is 0 Å². The van der Waals surface area contributed by atoms with Crippen LogP contribution in [0.2, 0.25) is 0 Å². The first-order chi connectivity index (χ1) is 33.4. The van der Waals surface area contributed by atoms with Gasteiger partial charge in [-0.05, 0) is 99.4 Å². The van der Waals surface area contributed by atoms with Gasteiger partial charge in [0, 0.05) is 0 Å². The Morgan fingerprint density at radius 1 is 0.403 bits per heavy atom. The molecule has 72 heavy (non-hydrogen) atoms. The van der Waals surface area contributed by atoms with Crippen molar-refractivity contribution in [1.29, 1.82) is 0 Å². The molecule has 0 aromatic rings. The number of aliphatic hydroxyl groups is 1. The predicted molar refractivity (Wildman–Crippen MR) is 277 cm³/mol. The third-order valence-electron chi connectivity index (χ3n) is 10.9. The minimum atomic E-state index is -1.60. The molecule has 0 radical (unpaired) electrons. The van der Waals surface area contributed by atoms with Gasteiger partial charge in [-0.25, -0.2) is 4.79 Å². The van der Waals surface area contributed by atoms with Crippen LogP contribution >= 0.6 is 11.8 Å². The van der Waals surface area contributed by atoms with Crippen LogP contribution in [0.4, 0.5) is 0 Å². The second-order valence-electron chi connectivity index (χ2n) is 21.1. The molecule has 0 aliphatic carbocycles. The van der Waals surface area contributed by atoms with E-state index < -0.39 is 127 Å². The van der Waals surface area contributed by atoms with E-state index in [1.165, 1.54) is 18.7 Å². The molecule has 0 saturated carbocycles. The van der Waals surface area contributed by atoms with Crippen molar-refractivity contribution in [3.05, 3.63) is 0 Å². The van der Waals surface area contributed by atoms with Crippen LogP contribution < -0.4 is 53.6 Å². The lowest BCUT2D eigenvalue weighted by molar-refractivity contribution is -0.143. The summed E-state index contributed by atoms with van der Waals surface area (Å²) in [5, 5.41) is 43.6. The SMILES string of the molecule is CSCC[C@H](NC(=O)CNC(=O)[C@H](C)N)C(=O)N[C@@H](CC(C)C)C(=O)N[C@@H](CC(C)C)C(=O)N[C@@H](CC(C)C)C(=O)N[C@@H](CO)C(=O)N[C@@H](CC(C)C)C(=O)N[C@@H](CC(C)C)C(=O)N[C@@H](CC(C)C)C(=O)O. The van der Waals surface area contributed by atoms with E-state index in [9.17, 15) is 58.2 Å². The van der Waals surface area contributed by atoms with Gasteiger partial charge in [-0.1, -0.05) is 83.1 Å². The Hall–Kier alpha value is -5.03. The molecule has 23 heteroatoms. The van der Waals surface area contributed by atoms with Crippen molar-refractivity contribution in [2.75, 3.05) is 25.2 Å². The summed E-state index contributed by atoms with van der Waals surface area (Å²) in [5.41, 5.74) is 5.56. The van der Waals surface area contributed by atoms with Gasteiger partial charge < -0.3 is 63.8 Å². The average molecular weight is 1040 g/mol. The van der Waals surface area contributed by atoms with Gasteiger partial charge in [0.25, 0.3) is 0 Å². The molecule has 9 atom stereocenters. The van der Waals surface area contributed by atoms with Crippen molar-refractivity contribution < 1.29 is 58.2 Å². The van der Waals surface area contributed by atoms with Gasteiger partial charge in [0.05, 0.1) is 19.2 Å². The topological polar surface area (TPSA) is 345 Å². The van der Waals surface area contributed by atoms with Crippen LogP contribution in [0, 0.1) is 35.5 Å². The first-order valence-corrected chi connectivity index (χ1v) is 26.6. The van der Waals surface area contributed by atoms with E-state index in [1.54, 1.807) is 27.7 Å². The molecule has 0 fully saturated rings. The molecular formula is C49H90N10O12S. The van der Waals surface area contributed by atoms with E-state index in [0.717, 1.165) is 0 Å². The maximum Gasteiger partial charge on any atom is 0.326 e. The fourth-order valence-corrected chi connectivity index (χ4v) is 7.86. The number of nitrogens with two attached hydrogens (primary N) is 1. The average Bonchev–Trinajstić information content (AvgIpc) is 3.25. The molecule has 22 nitrogen and oxygen atoms in total. The summed E-state index contributed by atoms with van der Waals surface area (Å²) >= 11 is 1.44. The van der Waals surface area contributed by atoms with Crippen LogP contribution in [0.15, 0.2) is 0 Å². The molecule has 0 heterocycles. The molecule has 0 saturated heterocycles. The van der Waals surface area contributed by atoms with Crippen molar-refractivity contribution >= 4 is 70.9 Å². The lowest BCUT2D eigenvalue weighted by Gasteiger charge is -2.29. The summed E-state index contributed by atoms with van der Waals surface area (Å²) in [5.74, 6) is -7.98. The van der Waals surface area contributed by atoms with Gasteiger partial charge in [-0.3, -0.25) is 43.2 Å². The van der Waals surface area contributed by atoms with E-state index in [2.05, 4.69) is 47.9 Å². The fourth-order valence-electron chi connectivity index (χ4n) is 7.39. The Balaban J connectivity index is 6.45. The Bertz CT molecular complexity index is 1780. The minimum absolute atomic E-state index is 0.0496. The van der Waals surface area contributed by atoms with Crippen molar-refractivity contribution in [3.8, 4) is 0 Å². The summed E-state index contributed by atoms with van der Waals surface area (Å²) in [4.78, 5) is 133. The highest BCUT2D eigenvalue weighted by Crippen LogP contribution is 2.14. The smallest absolute Gasteiger partial charge is 0.326 e. The molecular weight excluding hydrogens is 953 g/mol. The highest BCUT2D eigenvalue weighted by atomic mass is 32.2. The summed E-state index contributed by atoms with van der Waals surface area (Å²) in [7, 11) is 0. The third-order valence-corrected chi connectivity index (χ3v) is 11.6. The van der Waals surface area contributed by atoms with Crippen molar-refractivity contribution in [1.82, 2.24) is 47.9 Å². The number of carboxylic acid groups (broad SMARTS) is 1. The highest BCUT2D eigenvalue weighted by Gasteiger charge is 2.36. The number of thioether (sulfide) groups is 1. The first kappa shape index (κ1) is 67.0. The lowest BCUT2D eigenvalue weighted by Crippen LogP contribution is -2.61. The number of aliphatic hydroxyl groups excluding tert-OH is 1. The number of aliphatic carboxylic acids is 1. The monoisotopic (exact) mass is 1040 g/mol. The van der Waals surface area contributed by atoms with Crippen LogP contribution in [0.5, 0.6) is 0 Å². The maximum atomic E-state index is 14.1. The Morgan fingerprint density at radius 3 is 0.931 bits per heavy atom. The fraction of sp³-hybridized carbons (Fsp3) is 0.796. The normalized spacial score (nSPS) is 15.3.